The number of carbonyl (C=O) groups excluding carboxylic acids is 1. The van der Waals surface area contributed by atoms with E-state index in [2.05, 4.69) is 11.8 Å². The number of hydrogen-bond donors (Lipinski definition) is 0. The largest absolute Gasteiger partial charge is 0.298 e. The maximum atomic E-state index is 11.9. The van der Waals surface area contributed by atoms with E-state index in [1.165, 1.54) is 6.42 Å². The van der Waals surface area contributed by atoms with E-state index in [0.717, 1.165) is 24.8 Å². The van der Waals surface area contributed by atoms with Crippen molar-refractivity contribution in [2.45, 2.75) is 25.7 Å². The molecule has 2 aliphatic carbocycles. The fourth-order valence-electron chi connectivity index (χ4n) is 2.68. The molecule has 2 fully saturated rings. The molecule has 2 saturated carbocycles. The topological polar surface area (TPSA) is 17.1 Å². The first kappa shape index (κ1) is 9.66. The van der Waals surface area contributed by atoms with Crippen LogP contribution in [0.2, 0.25) is 0 Å². The Morgan fingerprint density at radius 3 is 2.81 bits per heavy atom. The van der Waals surface area contributed by atoms with E-state index in [4.69, 9.17) is 0 Å². The SMILES string of the molecule is O=C1CCCC2C[C@]12C#Cc1ccccc1. The highest BCUT2D eigenvalue weighted by molar-refractivity contribution is 5.92. The lowest BCUT2D eigenvalue weighted by molar-refractivity contribution is -0.123. The number of Topliss-reactive ketones (excluding diaryl/α,β-unsaturated/α-hetero) is 1. The summed E-state index contributed by atoms with van der Waals surface area (Å²) in [4.78, 5) is 11.9. The molecule has 1 nitrogen and oxygen atoms in total. The van der Waals surface area contributed by atoms with Crippen molar-refractivity contribution in [3.63, 3.8) is 0 Å². The van der Waals surface area contributed by atoms with Crippen LogP contribution in [0.5, 0.6) is 0 Å². The molecule has 0 aromatic heterocycles. The molecule has 0 aliphatic heterocycles. The zero-order chi connectivity index (χ0) is 11.0. The number of rotatable bonds is 0. The van der Waals surface area contributed by atoms with E-state index in [1.807, 2.05) is 30.3 Å². The van der Waals surface area contributed by atoms with Gasteiger partial charge in [-0.3, -0.25) is 4.79 Å². The van der Waals surface area contributed by atoms with Gasteiger partial charge in [-0.15, -0.1) is 0 Å². The highest BCUT2D eigenvalue weighted by Crippen LogP contribution is 2.58. The van der Waals surface area contributed by atoms with Crippen LogP contribution in [0.25, 0.3) is 0 Å². The van der Waals surface area contributed by atoms with Gasteiger partial charge in [-0.25, -0.2) is 0 Å². The van der Waals surface area contributed by atoms with Crippen LogP contribution in [0.3, 0.4) is 0 Å². The van der Waals surface area contributed by atoms with Gasteiger partial charge in [-0.05, 0) is 37.3 Å². The molecule has 80 valence electrons. The molecule has 0 amide bonds. The van der Waals surface area contributed by atoms with Gasteiger partial charge in [0.15, 0.2) is 5.78 Å². The smallest absolute Gasteiger partial charge is 0.151 e. The number of carbonyl (C=O) groups is 1. The van der Waals surface area contributed by atoms with Crippen molar-refractivity contribution < 1.29 is 4.79 Å². The second kappa shape index (κ2) is 3.49. The quantitative estimate of drug-likeness (QED) is 0.602. The number of hydrogen-bond acceptors (Lipinski definition) is 1. The third-order valence-electron chi connectivity index (χ3n) is 3.76. The van der Waals surface area contributed by atoms with E-state index < -0.39 is 0 Å². The van der Waals surface area contributed by atoms with E-state index >= 15 is 0 Å². The summed E-state index contributed by atoms with van der Waals surface area (Å²) in [5, 5.41) is 0. The van der Waals surface area contributed by atoms with Gasteiger partial charge in [0.2, 0.25) is 0 Å². The second-order valence-electron chi connectivity index (χ2n) is 4.80. The van der Waals surface area contributed by atoms with E-state index in [0.29, 0.717) is 11.7 Å². The first-order valence-electron chi connectivity index (χ1n) is 5.93. The maximum Gasteiger partial charge on any atom is 0.151 e. The van der Waals surface area contributed by atoms with Crippen LogP contribution in [0.1, 0.15) is 31.2 Å². The fraction of sp³-hybridized carbons (Fsp3) is 0.400. The average molecular weight is 210 g/mol. The molecular formula is C15H14O. The summed E-state index contributed by atoms with van der Waals surface area (Å²) in [5.41, 5.74) is 0.773. The van der Waals surface area contributed by atoms with Crippen LogP contribution in [0.4, 0.5) is 0 Å². The number of ketones is 1. The Morgan fingerprint density at radius 1 is 1.25 bits per heavy atom. The molecule has 0 N–H and O–H groups in total. The van der Waals surface area contributed by atoms with Crippen LogP contribution in [-0.2, 0) is 4.79 Å². The maximum absolute atomic E-state index is 11.9. The first-order valence-corrected chi connectivity index (χ1v) is 5.93. The highest BCUT2D eigenvalue weighted by atomic mass is 16.1. The Balaban J connectivity index is 1.86. The molecule has 16 heavy (non-hydrogen) atoms. The molecule has 1 aromatic carbocycles. The molecule has 3 rings (SSSR count). The third kappa shape index (κ3) is 1.46. The van der Waals surface area contributed by atoms with Crippen LogP contribution in [-0.4, -0.2) is 5.78 Å². The standard InChI is InChI=1S/C15H14O/c16-14-8-4-7-13-11-15(13,14)10-9-12-5-2-1-3-6-12/h1-3,5-6,13H,4,7-8,11H2/t13?,15-/m0/s1. The molecule has 2 aliphatic rings. The van der Waals surface area contributed by atoms with Crippen molar-refractivity contribution in [1.82, 2.24) is 0 Å². The minimum absolute atomic E-state index is 0.242. The highest BCUT2D eigenvalue weighted by Gasteiger charge is 2.59. The van der Waals surface area contributed by atoms with Crippen LogP contribution in [0.15, 0.2) is 30.3 Å². The lowest BCUT2D eigenvalue weighted by atomic mass is 9.87. The predicted octanol–water partition coefficient (Wildman–Crippen LogP) is 2.80. The van der Waals surface area contributed by atoms with Crippen LogP contribution in [0, 0.1) is 23.2 Å². The van der Waals surface area contributed by atoms with E-state index in [9.17, 15) is 4.79 Å². The lowest BCUT2D eigenvalue weighted by Crippen LogP contribution is -2.20. The number of fused-ring (bicyclic) bond motifs is 1. The van der Waals surface area contributed by atoms with Gasteiger partial charge in [0.25, 0.3) is 0 Å². The Labute approximate surface area is 95.9 Å². The summed E-state index contributed by atoms with van der Waals surface area (Å²) in [5.74, 6) is 7.34. The summed E-state index contributed by atoms with van der Waals surface area (Å²) in [7, 11) is 0. The lowest BCUT2D eigenvalue weighted by Gasteiger charge is -2.14. The van der Waals surface area contributed by atoms with Gasteiger partial charge in [-0.1, -0.05) is 30.0 Å². The van der Waals surface area contributed by atoms with Crippen LogP contribution >= 0.6 is 0 Å². The summed E-state index contributed by atoms with van der Waals surface area (Å²) in [6.45, 7) is 0. The Hall–Kier alpha value is -1.55. The average Bonchev–Trinajstić information content (AvgIpc) is 3.05. The normalized spacial score (nSPS) is 31.2. The second-order valence-corrected chi connectivity index (χ2v) is 4.80. The van der Waals surface area contributed by atoms with Gasteiger partial charge in [0.05, 0.1) is 5.41 Å². The zero-order valence-corrected chi connectivity index (χ0v) is 9.20. The molecule has 1 aromatic rings. The first-order chi connectivity index (χ1) is 7.81. The third-order valence-corrected chi connectivity index (χ3v) is 3.76. The van der Waals surface area contributed by atoms with Crippen molar-refractivity contribution in [1.29, 1.82) is 0 Å². The minimum atomic E-state index is -0.242. The Morgan fingerprint density at radius 2 is 2.06 bits per heavy atom. The monoisotopic (exact) mass is 210 g/mol. The van der Waals surface area contributed by atoms with Crippen LogP contribution < -0.4 is 0 Å². The molecule has 0 heterocycles. The summed E-state index contributed by atoms with van der Waals surface area (Å²) < 4.78 is 0. The van der Waals surface area contributed by atoms with Gasteiger partial charge in [-0.2, -0.15) is 0 Å². The van der Waals surface area contributed by atoms with Crippen molar-refractivity contribution in [2.75, 3.05) is 0 Å². The molecular weight excluding hydrogens is 196 g/mol. The Kier molecular flexibility index (Phi) is 2.11. The predicted molar refractivity (Wildman–Crippen MR) is 62.7 cm³/mol. The minimum Gasteiger partial charge on any atom is -0.298 e. The van der Waals surface area contributed by atoms with Gasteiger partial charge in [0.1, 0.15) is 0 Å². The van der Waals surface area contributed by atoms with Crippen molar-refractivity contribution in [3.05, 3.63) is 35.9 Å². The molecule has 0 saturated heterocycles. The summed E-state index contributed by atoms with van der Waals surface area (Å²) >= 11 is 0. The fourth-order valence-corrected chi connectivity index (χ4v) is 2.68. The van der Waals surface area contributed by atoms with Gasteiger partial charge in [0, 0.05) is 12.0 Å². The van der Waals surface area contributed by atoms with Gasteiger partial charge < -0.3 is 0 Å². The molecule has 1 heteroatoms. The van der Waals surface area contributed by atoms with Crippen molar-refractivity contribution in [2.24, 2.45) is 11.3 Å². The van der Waals surface area contributed by atoms with E-state index in [1.54, 1.807) is 0 Å². The number of benzene rings is 1. The molecule has 0 spiro atoms. The summed E-state index contributed by atoms with van der Waals surface area (Å²) in [6, 6.07) is 9.93. The molecule has 0 radical (unpaired) electrons. The summed E-state index contributed by atoms with van der Waals surface area (Å²) in [6.07, 6.45) is 4.00. The molecule has 2 atom stereocenters. The van der Waals surface area contributed by atoms with Gasteiger partial charge >= 0.3 is 0 Å². The van der Waals surface area contributed by atoms with Crippen molar-refractivity contribution >= 4 is 5.78 Å². The zero-order valence-electron chi connectivity index (χ0n) is 9.20. The van der Waals surface area contributed by atoms with E-state index in [-0.39, 0.29) is 5.41 Å². The Bertz CT molecular complexity index is 477. The van der Waals surface area contributed by atoms with Crippen molar-refractivity contribution in [3.8, 4) is 11.8 Å². The molecule has 1 unspecified atom stereocenters. The molecule has 0 bridgehead atoms.